The van der Waals surface area contributed by atoms with Gasteiger partial charge < -0.3 is 10.6 Å². The molecule has 0 aliphatic heterocycles. The standard InChI is InChI=1S/C12H12N6O4/c1-2-13-11-10(18(21)22)12(15-7-14-11)16-8-4-3-5-9(6-8)17(19)20/h3-7H,2H2,1H3,(H2,13,14,15,16). The Labute approximate surface area is 124 Å². The summed E-state index contributed by atoms with van der Waals surface area (Å²) in [6, 6.07) is 5.60. The molecule has 1 heterocycles. The highest BCUT2D eigenvalue weighted by atomic mass is 16.6. The van der Waals surface area contributed by atoms with Crippen molar-refractivity contribution in [2.45, 2.75) is 6.92 Å². The van der Waals surface area contributed by atoms with Gasteiger partial charge in [0.05, 0.1) is 9.85 Å². The lowest BCUT2D eigenvalue weighted by atomic mass is 10.2. The zero-order valence-electron chi connectivity index (χ0n) is 11.5. The molecule has 2 aromatic rings. The van der Waals surface area contributed by atoms with Crippen molar-refractivity contribution in [1.29, 1.82) is 0 Å². The van der Waals surface area contributed by atoms with Crippen LogP contribution in [0.3, 0.4) is 0 Å². The molecule has 10 heteroatoms. The predicted molar refractivity (Wildman–Crippen MR) is 79.2 cm³/mol. The molecule has 2 N–H and O–H groups in total. The second-order valence-electron chi connectivity index (χ2n) is 4.14. The number of nitro groups is 2. The number of rotatable bonds is 6. The van der Waals surface area contributed by atoms with E-state index in [1.807, 2.05) is 0 Å². The van der Waals surface area contributed by atoms with Crippen LogP contribution in [-0.4, -0.2) is 26.4 Å². The van der Waals surface area contributed by atoms with E-state index in [-0.39, 0.29) is 23.0 Å². The first-order chi connectivity index (χ1) is 10.5. The Hall–Kier alpha value is -3.30. The summed E-state index contributed by atoms with van der Waals surface area (Å²) in [5.41, 5.74) is -0.136. The van der Waals surface area contributed by atoms with E-state index in [2.05, 4.69) is 20.6 Å². The Kier molecular flexibility index (Phi) is 4.41. The summed E-state index contributed by atoms with van der Waals surface area (Å²) in [7, 11) is 0. The quantitative estimate of drug-likeness (QED) is 0.613. The molecule has 2 rings (SSSR count). The molecule has 0 radical (unpaired) electrons. The van der Waals surface area contributed by atoms with Crippen LogP contribution in [0.25, 0.3) is 0 Å². The van der Waals surface area contributed by atoms with E-state index >= 15 is 0 Å². The highest BCUT2D eigenvalue weighted by Crippen LogP contribution is 2.31. The molecule has 0 bridgehead atoms. The molecule has 0 fully saturated rings. The monoisotopic (exact) mass is 304 g/mol. The van der Waals surface area contributed by atoms with Crippen molar-refractivity contribution in [3.8, 4) is 0 Å². The Balaban J connectivity index is 2.41. The minimum absolute atomic E-state index is 0.0450. The summed E-state index contributed by atoms with van der Waals surface area (Å²) in [5.74, 6) is 0.0341. The molecule has 1 aromatic carbocycles. The summed E-state index contributed by atoms with van der Waals surface area (Å²) < 4.78 is 0. The van der Waals surface area contributed by atoms with Crippen molar-refractivity contribution >= 4 is 28.7 Å². The molecule has 0 spiro atoms. The first-order valence-corrected chi connectivity index (χ1v) is 6.27. The van der Waals surface area contributed by atoms with Gasteiger partial charge in [0.15, 0.2) is 0 Å². The zero-order chi connectivity index (χ0) is 16.1. The van der Waals surface area contributed by atoms with Gasteiger partial charge in [0, 0.05) is 24.4 Å². The third-order valence-electron chi connectivity index (χ3n) is 2.67. The van der Waals surface area contributed by atoms with Crippen molar-refractivity contribution in [3.05, 3.63) is 50.8 Å². The molecule has 0 unspecified atom stereocenters. The SMILES string of the molecule is CCNc1ncnc(Nc2cccc([N+](=O)[O-])c2)c1[N+](=O)[O-]. The zero-order valence-corrected chi connectivity index (χ0v) is 11.5. The predicted octanol–water partition coefficient (Wildman–Crippen LogP) is 2.47. The molecule has 0 aliphatic rings. The summed E-state index contributed by atoms with van der Waals surface area (Å²) in [6.07, 6.45) is 1.17. The van der Waals surface area contributed by atoms with Gasteiger partial charge in [-0.05, 0) is 13.0 Å². The van der Waals surface area contributed by atoms with Gasteiger partial charge in [0.2, 0.25) is 11.6 Å². The van der Waals surface area contributed by atoms with E-state index in [1.54, 1.807) is 13.0 Å². The van der Waals surface area contributed by atoms with Gasteiger partial charge in [-0.3, -0.25) is 20.2 Å². The fourth-order valence-corrected chi connectivity index (χ4v) is 1.77. The number of benzene rings is 1. The maximum absolute atomic E-state index is 11.2. The van der Waals surface area contributed by atoms with E-state index in [0.29, 0.717) is 12.2 Å². The topological polar surface area (TPSA) is 136 Å². The number of hydrogen-bond donors (Lipinski definition) is 2. The lowest BCUT2D eigenvalue weighted by Crippen LogP contribution is -2.07. The molecule has 0 aliphatic carbocycles. The van der Waals surface area contributed by atoms with Crippen LogP contribution in [0.2, 0.25) is 0 Å². The molecule has 10 nitrogen and oxygen atoms in total. The summed E-state index contributed by atoms with van der Waals surface area (Å²) in [4.78, 5) is 28.5. The number of nitrogens with one attached hydrogen (secondary N) is 2. The van der Waals surface area contributed by atoms with Gasteiger partial charge in [-0.1, -0.05) is 6.07 Å². The Morgan fingerprint density at radius 3 is 2.50 bits per heavy atom. The Morgan fingerprint density at radius 1 is 1.14 bits per heavy atom. The average molecular weight is 304 g/mol. The van der Waals surface area contributed by atoms with Crippen LogP contribution in [0, 0.1) is 20.2 Å². The molecule has 0 saturated carbocycles. The van der Waals surface area contributed by atoms with Crippen molar-refractivity contribution in [2.24, 2.45) is 0 Å². The van der Waals surface area contributed by atoms with E-state index in [9.17, 15) is 20.2 Å². The summed E-state index contributed by atoms with van der Waals surface area (Å²) >= 11 is 0. The van der Waals surface area contributed by atoms with Crippen LogP contribution < -0.4 is 10.6 Å². The second-order valence-corrected chi connectivity index (χ2v) is 4.14. The second kappa shape index (κ2) is 6.43. The number of non-ortho nitro benzene ring substituents is 1. The Bertz CT molecular complexity index is 721. The normalized spacial score (nSPS) is 10.0. The van der Waals surface area contributed by atoms with E-state index < -0.39 is 9.85 Å². The van der Waals surface area contributed by atoms with Crippen molar-refractivity contribution in [1.82, 2.24) is 9.97 Å². The largest absolute Gasteiger partial charge is 0.364 e. The van der Waals surface area contributed by atoms with Crippen LogP contribution in [0.15, 0.2) is 30.6 Å². The number of anilines is 3. The van der Waals surface area contributed by atoms with Crippen molar-refractivity contribution in [3.63, 3.8) is 0 Å². The number of nitrogens with zero attached hydrogens (tertiary/aromatic N) is 4. The Morgan fingerprint density at radius 2 is 1.86 bits per heavy atom. The minimum atomic E-state index is -0.613. The fraction of sp³-hybridized carbons (Fsp3) is 0.167. The van der Waals surface area contributed by atoms with E-state index in [0.717, 1.165) is 0 Å². The van der Waals surface area contributed by atoms with Gasteiger partial charge in [0.25, 0.3) is 5.69 Å². The molecule has 0 amide bonds. The lowest BCUT2D eigenvalue weighted by Gasteiger charge is -2.08. The molecule has 1 aromatic heterocycles. The maximum Gasteiger partial charge on any atom is 0.353 e. The molecule has 0 atom stereocenters. The third-order valence-corrected chi connectivity index (χ3v) is 2.67. The molecular weight excluding hydrogens is 292 g/mol. The summed E-state index contributed by atoms with van der Waals surface area (Å²) in [5, 5.41) is 27.5. The minimum Gasteiger partial charge on any atom is -0.364 e. The highest BCUT2D eigenvalue weighted by Gasteiger charge is 2.23. The van der Waals surface area contributed by atoms with Crippen LogP contribution >= 0.6 is 0 Å². The number of hydrogen-bond acceptors (Lipinski definition) is 8. The first kappa shape index (κ1) is 15.1. The van der Waals surface area contributed by atoms with Crippen molar-refractivity contribution in [2.75, 3.05) is 17.2 Å². The van der Waals surface area contributed by atoms with Gasteiger partial charge in [-0.25, -0.2) is 9.97 Å². The maximum atomic E-state index is 11.2. The molecular formula is C12H12N6O4. The van der Waals surface area contributed by atoms with Crippen LogP contribution in [-0.2, 0) is 0 Å². The van der Waals surface area contributed by atoms with Crippen LogP contribution in [0.4, 0.5) is 28.7 Å². The highest BCUT2D eigenvalue weighted by molar-refractivity contribution is 5.74. The van der Waals surface area contributed by atoms with Gasteiger partial charge >= 0.3 is 5.69 Å². The van der Waals surface area contributed by atoms with Crippen molar-refractivity contribution < 1.29 is 9.85 Å². The molecule has 114 valence electrons. The average Bonchev–Trinajstić information content (AvgIpc) is 2.47. The third kappa shape index (κ3) is 3.23. The van der Waals surface area contributed by atoms with Gasteiger partial charge in [0.1, 0.15) is 6.33 Å². The van der Waals surface area contributed by atoms with Gasteiger partial charge in [-0.15, -0.1) is 0 Å². The molecule has 0 saturated heterocycles. The van der Waals surface area contributed by atoms with E-state index in [4.69, 9.17) is 0 Å². The first-order valence-electron chi connectivity index (χ1n) is 6.27. The van der Waals surface area contributed by atoms with Gasteiger partial charge in [-0.2, -0.15) is 0 Å². The van der Waals surface area contributed by atoms with E-state index in [1.165, 1.54) is 24.5 Å². The van der Waals surface area contributed by atoms with Crippen LogP contribution in [0.5, 0.6) is 0 Å². The smallest absolute Gasteiger partial charge is 0.353 e. The lowest BCUT2D eigenvalue weighted by molar-refractivity contribution is -0.384. The number of nitro benzene ring substituents is 1. The number of aromatic nitrogens is 2. The fourth-order valence-electron chi connectivity index (χ4n) is 1.77. The molecule has 22 heavy (non-hydrogen) atoms. The summed E-state index contributed by atoms with van der Waals surface area (Å²) in [6.45, 7) is 2.23. The van der Waals surface area contributed by atoms with Crippen LogP contribution in [0.1, 0.15) is 6.92 Å².